The average molecular weight is 513 g/mol. The Morgan fingerprint density at radius 2 is 0.675 bits per heavy atom. The van der Waals surface area contributed by atoms with Crippen LogP contribution in [-0.4, -0.2) is 34.8 Å². The first-order valence-electron chi connectivity index (χ1n) is 13.4. The van der Waals surface area contributed by atoms with Crippen LogP contribution >= 0.6 is 0 Å². The number of rotatable bonds is 0. The summed E-state index contributed by atoms with van der Waals surface area (Å²) in [6, 6.07) is 33.1. The molecule has 6 nitrogen and oxygen atoms in total. The number of amidine groups is 4. The molecule has 9 rings (SSSR count). The predicted octanol–water partition coefficient (Wildman–Crippen LogP) is 4.42. The van der Waals surface area contributed by atoms with E-state index in [1.54, 1.807) is 0 Å². The topological polar surface area (TPSA) is 74.2 Å². The second-order valence-corrected chi connectivity index (χ2v) is 10.3. The normalized spacial score (nSPS) is 22.8. The molecule has 2 aliphatic carbocycles. The maximum Gasteiger partial charge on any atom is 0.162 e. The molecule has 0 spiro atoms. The molecule has 0 fully saturated rings. The Bertz CT molecular complexity index is 2000. The van der Waals surface area contributed by atoms with Crippen LogP contribution in [0.5, 0.6) is 0 Å². The number of hydrogen-bond acceptors (Lipinski definition) is 6. The Kier molecular flexibility index (Phi) is 4.35. The number of nitrogens with zero attached hydrogens (tertiary/aromatic N) is 6. The summed E-state index contributed by atoms with van der Waals surface area (Å²) in [6.45, 7) is 0. The quantitative estimate of drug-likeness (QED) is 0.335. The van der Waals surface area contributed by atoms with E-state index in [4.69, 9.17) is 30.0 Å². The number of aliphatic imine (C=N–C) groups is 6. The lowest BCUT2D eigenvalue weighted by Gasteiger charge is -2.02. The molecule has 0 N–H and O–H groups in total. The Labute approximate surface area is 229 Å². The van der Waals surface area contributed by atoms with E-state index in [-0.39, 0.29) is 0 Å². The van der Waals surface area contributed by atoms with Gasteiger partial charge in [0.2, 0.25) is 0 Å². The summed E-state index contributed by atoms with van der Waals surface area (Å²) < 4.78 is 0. The van der Waals surface area contributed by atoms with Gasteiger partial charge in [-0.05, 0) is 0 Å². The van der Waals surface area contributed by atoms with Gasteiger partial charge in [0, 0.05) is 56.7 Å². The summed E-state index contributed by atoms with van der Waals surface area (Å²) in [5.41, 5.74) is 9.94. The maximum atomic E-state index is 5.15. The largest absolute Gasteiger partial charge is 0.232 e. The number of hydrogen-bond donors (Lipinski definition) is 0. The highest BCUT2D eigenvalue weighted by molar-refractivity contribution is 6.35. The molecule has 4 aromatic rings. The van der Waals surface area contributed by atoms with Crippen molar-refractivity contribution < 1.29 is 0 Å². The lowest BCUT2D eigenvalue weighted by molar-refractivity contribution is 1.30. The third-order valence-electron chi connectivity index (χ3n) is 7.97. The van der Waals surface area contributed by atoms with E-state index in [2.05, 4.69) is 48.5 Å². The molecule has 0 atom stereocenters. The van der Waals surface area contributed by atoms with Gasteiger partial charge in [-0.1, -0.05) is 97.1 Å². The van der Waals surface area contributed by atoms with Crippen molar-refractivity contribution >= 4 is 46.2 Å². The first kappa shape index (κ1) is 21.6. The van der Waals surface area contributed by atoms with Gasteiger partial charge < -0.3 is 0 Å². The van der Waals surface area contributed by atoms with Gasteiger partial charge in [0.1, 0.15) is 0 Å². The van der Waals surface area contributed by atoms with Crippen molar-refractivity contribution in [2.45, 2.75) is 12.8 Å². The molecule has 0 aromatic heterocycles. The van der Waals surface area contributed by atoms with Gasteiger partial charge in [0.05, 0.1) is 22.8 Å². The minimum Gasteiger partial charge on any atom is -0.232 e. The Morgan fingerprint density at radius 1 is 0.325 bits per heavy atom. The van der Waals surface area contributed by atoms with Gasteiger partial charge in [0.15, 0.2) is 23.3 Å². The first-order chi connectivity index (χ1) is 19.8. The molecule has 0 saturated heterocycles. The second kappa shape index (κ2) is 8.07. The van der Waals surface area contributed by atoms with E-state index in [0.29, 0.717) is 36.2 Å². The SMILES string of the molecule is c1ccc2c(c1)C1=NC/2=N\C2=c3ccccc3=C(C2)/N=C2N=C(/N=C3\C/C(=N\1)c1ccccc13)c1ccccc1\2. The molecule has 4 aromatic carbocycles. The molecule has 6 heteroatoms. The summed E-state index contributed by atoms with van der Waals surface area (Å²) in [4.78, 5) is 30.6. The van der Waals surface area contributed by atoms with Gasteiger partial charge in [-0.25, -0.2) is 30.0 Å². The molecule has 0 amide bonds. The van der Waals surface area contributed by atoms with Crippen molar-refractivity contribution in [3.63, 3.8) is 0 Å². The molecular formula is C34H20N6. The van der Waals surface area contributed by atoms with Crippen LogP contribution in [0.2, 0.25) is 0 Å². The van der Waals surface area contributed by atoms with Crippen LogP contribution in [0.4, 0.5) is 0 Å². The molecule has 0 unspecified atom stereocenters. The van der Waals surface area contributed by atoms with Crippen molar-refractivity contribution in [1.82, 2.24) is 0 Å². The van der Waals surface area contributed by atoms with Crippen molar-refractivity contribution in [1.29, 1.82) is 0 Å². The van der Waals surface area contributed by atoms with Gasteiger partial charge in [-0.2, -0.15) is 0 Å². The zero-order valence-corrected chi connectivity index (χ0v) is 21.3. The van der Waals surface area contributed by atoms with Crippen molar-refractivity contribution in [2.24, 2.45) is 30.0 Å². The molecular weight excluding hydrogens is 492 g/mol. The van der Waals surface area contributed by atoms with E-state index < -0.39 is 0 Å². The minimum absolute atomic E-state index is 0.598. The van der Waals surface area contributed by atoms with Gasteiger partial charge >= 0.3 is 0 Å². The second-order valence-electron chi connectivity index (χ2n) is 10.3. The number of fused-ring (bicyclic) bond motifs is 16. The third kappa shape index (κ3) is 3.10. The summed E-state index contributed by atoms with van der Waals surface area (Å²) in [5, 5.41) is 2.16. The van der Waals surface area contributed by atoms with E-state index in [1.165, 1.54) is 0 Å². The molecule has 8 bridgehead atoms. The van der Waals surface area contributed by atoms with Gasteiger partial charge in [0.25, 0.3) is 0 Å². The highest BCUT2D eigenvalue weighted by Gasteiger charge is 2.30. The average Bonchev–Trinajstić information content (AvgIpc) is 3.73. The van der Waals surface area contributed by atoms with Crippen molar-refractivity contribution in [2.75, 3.05) is 0 Å². The monoisotopic (exact) mass is 512 g/mol. The number of benzene rings is 4. The standard InChI is InChI=1S/C34H20N6/c1-2-10-20-19(9-1)27-17-28(20)36-32-25-15-7-8-16-26(25)34(40-32)38-30-18-29(21-11-3-4-12-22(21)30)37-33-24-14-6-5-13-23(24)31(35-27)39-33/h1-16H,17-18H2/b35-27+,35-31?,36-28+,36-32?,37-29?,37-33-,38-30?,38-34-. The van der Waals surface area contributed by atoms with Crippen LogP contribution in [-0.2, 0) is 0 Å². The molecule has 186 valence electrons. The van der Waals surface area contributed by atoms with E-state index in [9.17, 15) is 0 Å². The fraction of sp³-hybridized carbons (Fsp3) is 0.0588. The molecule has 3 aliphatic heterocycles. The summed E-state index contributed by atoms with van der Waals surface area (Å²) in [5.74, 6) is 2.75. The first-order valence-corrected chi connectivity index (χ1v) is 13.4. The summed E-state index contributed by atoms with van der Waals surface area (Å²) in [7, 11) is 0. The lowest BCUT2D eigenvalue weighted by Crippen LogP contribution is -2.23. The van der Waals surface area contributed by atoms with Gasteiger partial charge in [-0.15, -0.1) is 0 Å². The summed E-state index contributed by atoms with van der Waals surface area (Å²) in [6.07, 6.45) is 1.20. The predicted molar refractivity (Wildman–Crippen MR) is 160 cm³/mol. The minimum atomic E-state index is 0.598. The van der Waals surface area contributed by atoms with Crippen LogP contribution in [0.1, 0.15) is 46.2 Å². The zero-order chi connectivity index (χ0) is 26.2. The summed E-state index contributed by atoms with van der Waals surface area (Å²) >= 11 is 0. The Balaban J connectivity index is 1.37. The van der Waals surface area contributed by atoms with Gasteiger partial charge in [-0.3, -0.25) is 0 Å². The Hall–Kier alpha value is -5.36. The van der Waals surface area contributed by atoms with Crippen LogP contribution in [0.15, 0.2) is 127 Å². The van der Waals surface area contributed by atoms with Crippen LogP contribution < -0.4 is 10.4 Å². The van der Waals surface area contributed by atoms with Crippen LogP contribution in [0.3, 0.4) is 0 Å². The maximum absolute atomic E-state index is 5.15. The molecule has 40 heavy (non-hydrogen) atoms. The van der Waals surface area contributed by atoms with Crippen LogP contribution in [0, 0.1) is 0 Å². The van der Waals surface area contributed by atoms with Crippen LogP contribution in [0.25, 0.3) is 11.4 Å². The van der Waals surface area contributed by atoms with E-state index >= 15 is 0 Å². The molecule has 0 saturated carbocycles. The van der Waals surface area contributed by atoms with E-state index in [0.717, 1.165) is 66.6 Å². The highest BCUT2D eigenvalue weighted by atomic mass is 15.1. The molecule has 0 radical (unpaired) electrons. The zero-order valence-electron chi connectivity index (χ0n) is 21.3. The fourth-order valence-electron chi connectivity index (χ4n) is 6.11. The third-order valence-corrected chi connectivity index (χ3v) is 7.97. The van der Waals surface area contributed by atoms with Crippen molar-refractivity contribution in [3.05, 3.63) is 141 Å². The molecule has 3 heterocycles. The molecule has 5 aliphatic rings. The Morgan fingerprint density at radius 3 is 1.10 bits per heavy atom. The van der Waals surface area contributed by atoms with E-state index in [1.807, 2.05) is 48.5 Å². The smallest absolute Gasteiger partial charge is 0.162 e. The van der Waals surface area contributed by atoms with Crippen molar-refractivity contribution in [3.8, 4) is 0 Å². The lowest BCUT2D eigenvalue weighted by atomic mass is 10.1. The fourth-order valence-corrected chi connectivity index (χ4v) is 6.11. The highest BCUT2D eigenvalue weighted by Crippen LogP contribution is 2.30.